The van der Waals surface area contributed by atoms with Gasteiger partial charge in [0.05, 0.1) is 30.5 Å². The highest BCUT2D eigenvalue weighted by molar-refractivity contribution is 6.30. The van der Waals surface area contributed by atoms with Crippen LogP contribution in [-0.2, 0) is 4.74 Å². The van der Waals surface area contributed by atoms with E-state index in [1.807, 2.05) is 30.3 Å². The predicted octanol–water partition coefficient (Wildman–Crippen LogP) is 5.01. The van der Waals surface area contributed by atoms with Gasteiger partial charge < -0.3 is 19.4 Å². The number of nitrogens with one attached hydrogen (secondary N) is 2. The SMILES string of the molecule is O=C(N[C@H]1CCC[C@@H](n2c(-c3ccccc3OC3CCOC3)nc3cnc(-c4ncn[nH]4)cc32)C1)c1cc(Cl)ccn1. The number of carbonyl (C=O) groups excluding carboxylic acids is 1. The number of pyridine rings is 2. The molecule has 1 aliphatic heterocycles. The second kappa shape index (κ2) is 11.5. The molecule has 1 unspecified atom stereocenters. The second-order valence-corrected chi connectivity index (χ2v) is 11.1. The van der Waals surface area contributed by atoms with Crippen LogP contribution in [0.25, 0.3) is 33.9 Å². The summed E-state index contributed by atoms with van der Waals surface area (Å²) in [7, 11) is 0. The summed E-state index contributed by atoms with van der Waals surface area (Å²) >= 11 is 6.11. The number of nitrogens with zero attached hydrogens (tertiary/aromatic N) is 6. The molecule has 0 radical (unpaired) electrons. The molecule has 7 rings (SSSR count). The largest absolute Gasteiger partial charge is 0.487 e. The molecule has 0 bridgehead atoms. The zero-order valence-electron chi connectivity index (χ0n) is 22.7. The number of ether oxygens (including phenoxy) is 2. The van der Waals surface area contributed by atoms with Crippen LogP contribution in [0, 0.1) is 0 Å². The highest BCUT2D eigenvalue weighted by Crippen LogP contribution is 2.39. The summed E-state index contributed by atoms with van der Waals surface area (Å²) in [5.41, 5.74) is 3.58. The van der Waals surface area contributed by atoms with Gasteiger partial charge in [0.15, 0.2) is 5.82 Å². The number of halogens is 1. The van der Waals surface area contributed by atoms with Crippen molar-refractivity contribution in [2.45, 2.75) is 50.3 Å². The van der Waals surface area contributed by atoms with Crippen LogP contribution >= 0.6 is 11.6 Å². The Morgan fingerprint density at radius 2 is 2.05 bits per heavy atom. The minimum absolute atomic E-state index is 0.00178. The topological polar surface area (TPSA) is 133 Å². The molecular weight excluding hydrogens is 556 g/mol. The Balaban J connectivity index is 1.27. The van der Waals surface area contributed by atoms with E-state index >= 15 is 0 Å². The first-order valence-electron chi connectivity index (χ1n) is 14.1. The molecule has 1 amide bonds. The number of aromatic nitrogens is 7. The van der Waals surface area contributed by atoms with Gasteiger partial charge in [0.1, 0.15) is 40.9 Å². The maximum absolute atomic E-state index is 13.0. The number of imidazole rings is 1. The van der Waals surface area contributed by atoms with Crippen molar-refractivity contribution in [2.75, 3.05) is 13.2 Å². The lowest BCUT2D eigenvalue weighted by molar-refractivity contribution is 0.0916. The van der Waals surface area contributed by atoms with Gasteiger partial charge in [-0.2, -0.15) is 5.10 Å². The van der Waals surface area contributed by atoms with Crippen LogP contribution < -0.4 is 10.1 Å². The fraction of sp³-hybridized carbons (Fsp3) is 0.333. The first-order valence-corrected chi connectivity index (χ1v) is 14.5. The van der Waals surface area contributed by atoms with Gasteiger partial charge in [-0.1, -0.05) is 23.7 Å². The summed E-state index contributed by atoms with van der Waals surface area (Å²) in [4.78, 5) is 31.2. The van der Waals surface area contributed by atoms with Crippen LogP contribution in [0.15, 0.2) is 61.2 Å². The lowest BCUT2D eigenvalue weighted by atomic mass is 9.90. The van der Waals surface area contributed by atoms with Crippen LogP contribution in [0.3, 0.4) is 0 Å². The number of hydrogen-bond acceptors (Lipinski definition) is 8. The van der Waals surface area contributed by atoms with Crippen molar-refractivity contribution in [3.63, 3.8) is 0 Å². The summed E-state index contributed by atoms with van der Waals surface area (Å²) < 4.78 is 14.3. The lowest BCUT2D eigenvalue weighted by Gasteiger charge is -2.32. The first-order chi connectivity index (χ1) is 20.6. The van der Waals surface area contributed by atoms with Crippen LogP contribution in [-0.4, -0.2) is 66.0 Å². The van der Waals surface area contributed by atoms with Crippen molar-refractivity contribution in [1.82, 2.24) is 40.0 Å². The third kappa shape index (κ3) is 5.33. The van der Waals surface area contributed by atoms with E-state index in [-0.39, 0.29) is 24.1 Å². The molecule has 11 nitrogen and oxygen atoms in total. The normalized spacial score (nSPS) is 20.5. The van der Waals surface area contributed by atoms with Gasteiger partial charge in [0.25, 0.3) is 5.91 Å². The molecule has 5 heterocycles. The summed E-state index contributed by atoms with van der Waals surface area (Å²) in [6.07, 6.45) is 9.10. The maximum Gasteiger partial charge on any atom is 0.270 e. The van der Waals surface area contributed by atoms with Crippen LogP contribution in [0.5, 0.6) is 5.75 Å². The Hall–Kier alpha value is -4.35. The molecule has 5 aromatic rings. The molecule has 0 spiro atoms. The zero-order valence-corrected chi connectivity index (χ0v) is 23.5. The van der Waals surface area contributed by atoms with Gasteiger partial charge in [-0.05, 0) is 56.0 Å². The number of amides is 1. The Morgan fingerprint density at radius 1 is 1.12 bits per heavy atom. The fourth-order valence-electron chi connectivity index (χ4n) is 5.87. The first kappa shape index (κ1) is 26.5. The molecule has 3 atom stereocenters. The molecule has 42 heavy (non-hydrogen) atoms. The average molecular weight is 585 g/mol. The molecule has 214 valence electrons. The van der Waals surface area contributed by atoms with E-state index in [1.54, 1.807) is 24.5 Å². The minimum Gasteiger partial charge on any atom is -0.487 e. The zero-order chi connectivity index (χ0) is 28.5. The predicted molar refractivity (Wildman–Crippen MR) is 156 cm³/mol. The van der Waals surface area contributed by atoms with E-state index in [2.05, 4.69) is 35.0 Å². The molecule has 4 aromatic heterocycles. The maximum atomic E-state index is 13.0. The van der Waals surface area contributed by atoms with Crippen molar-refractivity contribution in [2.24, 2.45) is 0 Å². The van der Waals surface area contributed by atoms with Crippen molar-refractivity contribution in [3.05, 3.63) is 71.9 Å². The molecule has 1 aliphatic carbocycles. The van der Waals surface area contributed by atoms with E-state index in [0.717, 1.165) is 60.3 Å². The van der Waals surface area contributed by atoms with Gasteiger partial charge in [-0.25, -0.2) is 9.97 Å². The van der Waals surface area contributed by atoms with Gasteiger partial charge in [0.2, 0.25) is 0 Å². The van der Waals surface area contributed by atoms with E-state index in [1.165, 1.54) is 6.33 Å². The van der Waals surface area contributed by atoms with E-state index in [4.69, 9.17) is 26.1 Å². The monoisotopic (exact) mass is 584 g/mol. The Labute approximate surface area is 246 Å². The number of fused-ring (bicyclic) bond motifs is 1. The van der Waals surface area contributed by atoms with Crippen molar-refractivity contribution in [1.29, 1.82) is 0 Å². The molecule has 1 saturated heterocycles. The van der Waals surface area contributed by atoms with Gasteiger partial charge in [-0.15, -0.1) is 0 Å². The molecular formula is C30H29ClN8O3. The average Bonchev–Trinajstić information content (AvgIpc) is 3.79. The van der Waals surface area contributed by atoms with Crippen LogP contribution in [0.2, 0.25) is 5.02 Å². The molecule has 2 fully saturated rings. The number of hydrogen-bond donors (Lipinski definition) is 2. The van der Waals surface area contributed by atoms with Gasteiger partial charge in [-0.3, -0.25) is 19.9 Å². The van der Waals surface area contributed by atoms with Gasteiger partial charge >= 0.3 is 0 Å². The smallest absolute Gasteiger partial charge is 0.270 e. The number of H-pyrrole nitrogens is 1. The third-order valence-corrected chi connectivity index (χ3v) is 8.08. The van der Waals surface area contributed by atoms with E-state index in [0.29, 0.717) is 35.4 Å². The Bertz CT molecular complexity index is 1720. The fourth-order valence-corrected chi connectivity index (χ4v) is 6.03. The van der Waals surface area contributed by atoms with Crippen molar-refractivity contribution >= 4 is 28.5 Å². The standard InChI is InChI=1S/C30H29ClN8O3/c31-18-8-10-32-24(12-18)30(40)36-19-4-3-5-20(13-19)39-26-14-23(28-34-17-35-38-28)33-15-25(26)37-29(39)22-6-1-2-7-27(22)42-21-9-11-41-16-21/h1-2,6-8,10,12,14-15,17,19-21H,3-5,9,11,13,16H2,(H,36,40)(H,34,35,38)/t19-,20+,21?/m0/s1. The quantitative estimate of drug-likeness (QED) is 0.273. The highest BCUT2D eigenvalue weighted by atomic mass is 35.5. The van der Waals surface area contributed by atoms with Crippen molar-refractivity contribution < 1.29 is 14.3 Å². The van der Waals surface area contributed by atoms with E-state index < -0.39 is 0 Å². The van der Waals surface area contributed by atoms with Crippen LogP contribution in [0.4, 0.5) is 0 Å². The van der Waals surface area contributed by atoms with Crippen molar-refractivity contribution in [3.8, 4) is 28.7 Å². The number of para-hydroxylation sites is 1. The Morgan fingerprint density at radius 3 is 2.88 bits per heavy atom. The summed E-state index contributed by atoms with van der Waals surface area (Å²) in [5, 5.41) is 10.6. The molecule has 12 heteroatoms. The number of benzene rings is 1. The molecule has 1 aromatic carbocycles. The second-order valence-electron chi connectivity index (χ2n) is 10.6. The summed E-state index contributed by atoms with van der Waals surface area (Å²) in [5.74, 6) is 1.91. The Kier molecular flexibility index (Phi) is 7.27. The van der Waals surface area contributed by atoms with Crippen LogP contribution in [0.1, 0.15) is 48.6 Å². The third-order valence-electron chi connectivity index (χ3n) is 7.84. The number of rotatable bonds is 7. The summed E-state index contributed by atoms with van der Waals surface area (Å²) in [6, 6.07) is 13.3. The molecule has 2 aliphatic rings. The lowest BCUT2D eigenvalue weighted by Crippen LogP contribution is -2.39. The van der Waals surface area contributed by atoms with Gasteiger partial charge in [0, 0.05) is 29.7 Å². The highest BCUT2D eigenvalue weighted by Gasteiger charge is 2.30. The summed E-state index contributed by atoms with van der Waals surface area (Å²) in [6.45, 7) is 1.27. The molecule has 1 saturated carbocycles. The number of aromatic amines is 1. The minimum atomic E-state index is -0.229. The van der Waals surface area contributed by atoms with E-state index in [9.17, 15) is 4.79 Å². The molecule has 2 N–H and O–H groups in total. The number of carbonyl (C=O) groups is 1.